The van der Waals surface area contributed by atoms with E-state index in [9.17, 15) is 0 Å². The highest BCUT2D eigenvalue weighted by molar-refractivity contribution is 6.23. The van der Waals surface area contributed by atoms with Crippen LogP contribution >= 0.6 is 0 Å². The molecular weight excluding hydrogens is 717 g/mol. The molecular formula is C56H34N2O. The van der Waals surface area contributed by atoms with Gasteiger partial charge in [0.1, 0.15) is 11.2 Å². The van der Waals surface area contributed by atoms with Gasteiger partial charge in [-0.3, -0.25) is 0 Å². The van der Waals surface area contributed by atoms with Crippen LogP contribution in [0.5, 0.6) is 0 Å². The lowest BCUT2D eigenvalue weighted by molar-refractivity contribution is 0.669. The number of fused-ring (bicyclic) bond motifs is 8. The zero-order valence-corrected chi connectivity index (χ0v) is 31.9. The van der Waals surface area contributed by atoms with Crippen LogP contribution in [0, 0.1) is 0 Å². The molecule has 12 rings (SSSR count). The molecule has 59 heavy (non-hydrogen) atoms. The summed E-state index contributed by atoms with van der Waals surface area (Å²) in [5, 5.41) is 12.1. The molecule has 0 bridgehead atoms. The highest BCUT2D eigenvalue weighted by Crippen LogP contribution is 2.44. The van der Waals surface area contributed by atoms with Gasteiger partial charge in [0.25, 0.3) is 0 Å². The molecule has 0 aliphatic heterocycles. The quantitative estimate of drug-likeness (QED) is 0.130. The van der Waals surface area contributed by atoms with Gasteiger partial charge in [0.15, 0.2) is 5.82 Å². The summed E-state index contributed by atoms with van der Waals surface area (Å²) in [7, 11) is 0. The van der Waals surface area contributed by atoms with E-state index in [0.717, 1.165) is 66.5 Å². The minimum atomic E-state index is 0.692. The van der Waals surface area contributed by atoms with Crippen molar-refractivity contribution in [2.24, 2.45) is 0 Å². The van der Waals surface area contributed by atoms with Gasteiger partial charge in [0, 0.05) is 27.5 Å². The van der Waals surface area contributed by atoms with Crippen LogP contribution < -0.4 is 0 Å². The second-order valence-corrected chi connectivity index (χ2v) is 15.3. The molecule has 0 amide bonds. The summed E-state index contributed by atoms with van der Waals surface area (Å²) in [6.07, 6.45) is 0. The van der Waals surface area contributed by atoms with E-state index < -0.39 is 0 Å². The lowest BCUT2D eigenvalue weighted by Gasteiger charge is -2.17. The molecule has 2 heterocycles. The third kappa shape index (κ3) is 5.51. The van der Waals surface area contributed by atoms with Crippen molar-refractivity contribution in [1.29, 1.82) is 0 Å². The molecule has 0 aliphatic carbocycles. The maximum absolute atomic E-state index is 6.22. The van der Waals surface area contributed by atoms with E-state index in [2.05, 4.69) is 176 Å². The Morgan fingerprint density at radius 2 is 0.881 bits per heavy atom. The molecule has 0 N–H and O–H groups in total. The van der Waals surface area contributed by atoms with Crippen molar-refractivity contribution in [2.75, 3.05) is 0 Å². The van der Waals surface area contributed by atoms with Crippen LogP contribution in [0.3, 0.4) is 0 Å². The van der Waals surface area contributed by atoms with Crippen molar-refractivity contribution < 1.29 is 4.42 Å². The van der Waals surface area contributed by atoms with Gasteiger partial charge in [0.2, 0.25) is 0 Å². The molecule has 2 aromatic heterocycles. The summed E-state index contributed by atoms with van der Waals surface area (Å²) in [5.74, 6) is 0.692. The van der Waals surface area contributed by atoms with Gasteiger partial charge in [-0.25, -0.2) is 9.97 Å². The first kappa shape index (κ1) is 33.3. The van der Waals surface area contributed by atoms with Gasteiger partial charge in [-0.1, -0.05) is 176 Å². The Bertz CT molecular complexity index is 3600. The van der Waals surface area contributed by atoms with Crippen LogP contribution in [-0.2, 0) is 0 Å². The smallest absolute Gasteiger partial charge is 0.160 e. The second-order valence-electron chi connectivity index (χ2n) is 15.3. The van der Waals surface area contributed by atoms with E-state index in [1.807, 2.05) is 30.3 Å². The molecule has 3 heteroatoms. The molecule has 0 radical (unpaired) electrons. The number of nitrogens with zero attached hydrogens (tertiary/aromatic N) is 2. The van der Waals surface area contributed by atoms with E-state index in [1.54, 1.807) is 0 Å². The molecule has 0 saturated heterocycles. The van der Waals surface area contributed by atoms with Gasteiger partial charge < -0.3 is 4.42 Å². The van der Waals surface area contributed by atoms with Crippen LogP contribution in [-0.4, -0.2) is 9.97 Å². The SMILES string of the molecule is c1ccc(-c2nc(-c3ccc(-c4ccc5c(c4)oc4ccccc45)cc3)cc(-c3ccc(-c4c5ccccc5cc5c4ccc4ccccc45)c4ccccc34)n2)cc1. The van der Waals surface area contributed by atoms with Crippen molar-refractivity contribution in [3.8, 4) is 56.2 Å². The van der Waals surface area contributed by atoms with Gasteiger partial charge in [0.05, 0.1) is 11.4 Å². The van der Waals surface area contributed by atoms with E-state index in [1.165, 1.54) is 48.8 Å². The second kappa shape index (κ2) is 13.4. The van der Waals surface area contributed by atoms with Crippen LogP contribution in [0.2, 0.25) is 0 Å². The van der Waals surface area contributed by atoms with Crippen molar-refractivity contribution >= 4 is 65.0 Å². The fraction of sp³-hybridized carbons (Fsp3) is 0. The normalized spacial score (nSPS) is 11.7. The molecule has 3 nitrogen and oxygen atoms in total. The van der Waals surface area contributed by atoms with Crippen LogP contribution in [0.4, 0.5) is 0 Å². The van der Waals surface area contributed by atoms with Crippen molar-refractivity contribution in [1.82, 2.24) is 9.97 Å². The Morgan fingerprint density at radius 1 is 0.288 bits per heavy atom. The third-order valence-electron chi connectivity index (χ3n) is 11.9. The lowest BCUT2D eigenvalue weighted by Crippen LogP contribution is -1.97. The van der Waals surface area contributed by atoms with E-state index in [0.29, 0.717) is 5.82 Å². The number of rotatable bonds is 5. The molecule has 0 saturated carbocycles. The molecule has 0 aliphatic rings. The Balaban J connectivity index is 1.01. The number of aromatic nitrogens is 2. The molecule has 12 aromatic rings. The third-order valence-corrected chi connectivity index (χ3v) is 11.9. The summed E-state index contributed by atoms with van der Waals surface area (Å²) in [5.41, 5.74) is 11.3. The molecule has 0 spiro atoms. The summed E-state index contributed by atoms with van der Waals surface area (Å²) in [4.78, 5) is 10.5. The number of benzene rings is 10. The summed E-state index contributed by atoms with van der Waals surface area (Å²) in [6.45, 7) is 0. The fourth-order valence-corrected chi connectivity index (χ4v) is 9.04. The minimum Gasteiger partial charge on any atom is -0.456 e. The standard InChI is InChI=1S/C56H34N2O/c1-2-13-38(14-3-1)56-57-51(37-24-22-35(23-25-37)39-27-28-47-46-20-10-11-21-53(46)59-54(47)33-39)34-52(58-56)45-30-31-48(44-19-9-8-18-43(44)45)55-42-17-7-5-15-40(42)32-50-41-16-6-4-12-36(41)26-29-49(50)55/h1-34H. The first-order valence-corrected chi connectivity index (χ1v) is 20.1. The van der Waals surface area contributed by atoms with Gasteiger partial charge in [-0.15, -0.1) is 0 Å². The zero-order chi connectivity index (χ0) is 38.9. The average Bonchev–Trinajstić information content (AvgIpc) is 3.69. The Morgan fingerprint density at radius 3 is 1.71 bits per heavy atom. The number of hydrogen-bond acceptors (Lipinski definition) is 3. The van der Waals surface area contributed by atoms with Crippen LogP contribution in [0.15, 0.2) is 211 Å². The first-order chi connectivity index (χ1) is 29.2. The number of furan rings is 1. The van der Waals surface area contributed by atoms with E-state index in [4.69, 9.17) is 14.4 Å². The van der Waals surface area contributed by atoms with Crippen LogP contribution in [0.25, 0.3) is 121 Å². The molecule has 0 unspecified atom stereocenters. The fourth-order valence-electron chi connectivity index (χ4n) is 9.04. The lowest BCUT2D eigenvalue weighted by atomic mass is 9.86. The highest BCUT2D eigenvalue weighted by atomic mass is 16.3. The predicted molar refractivity (Wildman–Crippen MR) is 247 cm³/mol. The maximum Gasteiger partial charge on any atom is 0.160 e. The predicted octanol–water partition coefficient (Wildman–Crippen LogP) is 15.3. The van der Waals surface area contributed by atoms with Crippen molar-refractivity contribution in [3.05, 3.63) is 206 Å². The van der Waals surface area contributed by atoms with E-state index in [-0.39, 0.29) is 0 Å². The summed E-state index contributed by atoms with van der Waals surface area (Å²) >= 11 is 0. The number of para-hydroxylation sites is 1. The van der Waals surface area contributed by atoms with Gasteiger partial charge in [-0.2, -0.15) is 0 Å². The Labute approximate surface area is 340 Å². The van der Waals surface area contributed by atoms with Crippen molar-refractivity contribution in [3.63, 3.8) is 0 Å². The summed E-state index contributed by atoms with van der Waals surface area (Å²) < 4.78 is 6.22. The molecule has 274 valence electrons. The Hall–Kier alpha value is -7.88. The average molecular weight is 751 g/mol. The number of hydrogen-bond donors (Lipinski definition) is 0. The topological polar surface area (TPSA) is 38.9 Å². The van der Waals surface area contributed by atoms with Crippen molar-refractivity contribution in [2.45, 2.75) is 0 Å². The molecule has 0 fully saturated rings. The maximum atomic E-state index is 6.22. The van der Waals surface area contributed by atoms with E-state index >= 15 is 0 Å². The Kier molecular flexibility index (Phi) is 7.54. The minimum absolute atomic E-state index is 0.692. The monoisotopic (exact) mass is 750 g/mol. The highest BCUT2D eigenvalue weighted by Gasteiger charge is 2.18. The largest absolute Gasteiger partial charge is 0.456 e. The molecule has 0 atom stereocenters. The van der Waals surface area contributed by atoms with Crippen LogP contribution in [0.1, 0.15) is 0 Å². The molecule has 10 aromatic carbocycles. The first-order valence-electron chi connectivity index (χ1n) is 20.1. The zero-order valence-electron chi connectivity index (χ0n) is 31.9. The van der Waals surface area contributed by atoms with Gasteiger partial charge >= 0.3 is 0 Å². The summed E-state index contributed by atoms with van der Waals surface area (Å²) in [6, 6.07) is 73.4. The van der Waals surface area contributed by atoms with Gasteiger partial charge in [-0.05, 0) is 95.7 Å².